The lowest BCUT2D eigenvalue weighted by Crippen LogP contribution is -2.21. The molecule has 138 valence electrons. The third-order valence-electron chi connectivity index (χ3n) is 5.12. The lowest BCUT2D eigenvalue weighted by Gasteiger charge is -2.27. The fourth-order valence-electron chi connectivity index (χ4n) is 3.85. The van der Waals surface area contributed by atoms with E-state index in [1.807, 2.05) is 48.5 Å². The Morgan fingerprint density at radius 1 is 1.11 bits per heavy atom. The Morgan fingerprint density at radius 3 is 2.79 bits per heavy atom. The number of hydrogen-bond acceptors (Lipinski definition) is 6. The highest BCUT2D eigenvalue weighted by molar-refractivity contribution is 5.91. The van der Waals surface area contributed by atoms with E-state index in [9.17, 15) is 5.26 Å². The van der Waals surface area contributed by atoms with E-state index in [-0.39, 0.29) is 12.7 Å². The Kier molecular flexibility index (Phi) is 3.56. The van der Waals surface area contributed by atoms with Gasteiger partial charge >= 0.3 is 0 Å². The van der Waals surface area contributed by atoms with E-state index in [0.717, 1.165) is 21.9 Å². The second kappa shape index (κ2) is 6.10. The van der Waals surface area contributed by atoms with Gasteiger partial charge in [-0.2, -0.15) is 5.26 Å². The molecule has 0 aromatic heterocycles. The fraction of sp³-hybridized carbons (Fsp3) is 0.136. The van der Waals surface area contributed by atoms with E-state index in [0.29, 0.717) is 28.6 Å². The first-order valence-corrected chi connectivity index (χ1v) is 8.78. The minimum absolute atomic E-state index is 0.105. The molecule has 0 aliphatic carbocycles. The van der Waals surface area contributed by atoms with Crippen molar-refractivity contribution in [3.8, 4) is 29.1 Å². The van der Waals surface area contributed by atoms with Crippen molar-refractivity contribution < 1.29 is 18.9 Å². The van der Waals surface area contributed by atoms with Crippen LogP contribution in [-0.4, -0.2) is 13.9 Å². The third-order valence-corrected chi connectivity index (χ3v) is 5.12. The van der Waals surface area contributed by atoms with Crippen molar-refractivity contribution in [1.82, 2.24) is 0 Å². The number of nitrogens with zero attached hydrogens (tertiary/aromatic N) is 1. The molecule has 6 nitrogen and oxygen atoms in total. The van der Waals surface area contributed by atoms with E-state index in [1.165, 1.54) is 0 Å². The highest BCUT2D eigenvalue weighted by Gasteiger charge is 2.33. The van der Waals surface area contributed by atoms with Gasteiger partial charge in [0.2, 0.25) is 18.4 Å². The van der Waals surface area contributed by atoms with Crippen LogP contribution in [0.2, 0.25) is 0 Å². The maximum Gasteiger partial charge on any atom is 0.231 e. The molecular formula is C22H16N2O4. The molecule has 2 heterocycles. The quantitative estimate of drug-likeness (QED) is 0.736. The molecule has 1 atom stereocenters. The van der Waals surface area contributed by atoms with Gasteiger partial charge in [-0.25, -0.2) is 0 Å². The van der Waals surface area contributed by atoms with Crippen LogP contribution in [0.15, 0.2) is 60.0 Å². The molecule has 0 spiro atoms. The molecule has 0 bridgehead atoms. The molecule has 0 radical (unpaired) electrons. The van der Waals surface area contributed by atoms with E-state index in [1.54, 1.807) is 7.11 Å². The van der Waals surface area contributed by atoms with E-state index in [2.05, 4.69) is 6.07 Å². The molecule has 3 aromatic carbocycles. The summed E-state index contributed by atoms with van der Waals surface area (Å²) in [5.41, 5.74) is 8.19. The van der Waals surface area contributed by atoms with E-state index in [4.69, 9.17) is 24.7 Å². The maximum atomic E-state index is 9.80. The standard InChI is InChI=1S/C22H16N2O4/c1-25-17-8-13(9-18-21(17)27-11-26-18)19-15-7-6-12-4-2-3-5-14(12)20(15)28-22(24)16(19)10-23/h2-9,19H,11,24H2,1H3. The monoisotopic (exact) mass is 372 g/mol. The molecule has 2 N–H and O–H groups in total. The van der Waals surface area contributed by atoms with Gasteiger partial charge in [-0.1, -0.05) is 36.4 Å². The smallest absolute Gasteiger partial charge is 0.231 e. The first-order valence-electron chi connectivity index (χ1n) is 8.78. The summed E-state index contributed by atoms with van der Waals surface area (Å²) in [5.74, 6) is 2.06. The predicted octanol–water partition coefficient (Wildman–Crippen LogP) is 3.80. The third kappa shape index (κ3) is 2.26. The zero-order valence-electron chi connectivity index (χ0n) is 15.1. The molecule has 0 saturated heterocycles. The Balaban J connectivity index is 1.78. The highest BCUT2D eigenvalue weighted by Crippen LogP contribution is 2.49. The molecule has 28 heavy (non-hydrogen) atoms. The van der Waals surface area contributed by atoms with Crippen molar-refractivity contribution in [3.63, 3.8) is 0 Å². The maximum absolute atomic E-state index is 9.80. The normalized spacial score (nSPS) is 17.1. The summed E-state index contributed by atoms with van der Waals surface area (Å²) in [6, 6.07) is 17.8. The summed E-state index contributed by atoms with van der Waals surface area (Å²) in [5, 5.41) is 11.8. The Morgan fingerprint density at radius 2 is 1.96 bits per heavy atom. The highest BCUT2D eigenvalue weighted by atomic mass is 16.7. The number of rotatable bonds is 2. The molecule has 2 aliphatic rings. The minimum atomic E-state index is -0.401. The summed E-state index contributed by atoms with van der Waals surface area (Å²) in [6.07, 6.45) is 0. The van der Waals surface area contributed by atoms with Gasteiger partial charge in [0.05, 0.1) is 13.0 Å². The summed E-state index contributed by atoms with van der Waals surface area (Å²) in [7, 11) is 1.57. The van der Waals surface area contributed by atoms with Crippen molar-refractivity contribution in [2.24, 2.45) is 5.73 Å². The van der Waals surface area contributed by atoms with Gasteiger partial charge in [0, 0.05) is 10.9 Å². The molecule has 6 heteroatoms. The molecule has 1 unspecified atom stereocenters. The lowest BCUT2D eigenvalue weighted by atomic mass is 9.82. The number of nitrogens with two attached hydrogens (primary N) is 1. The molecule has 0 saturated carbocycles. The predicted molar refractivity (Wildman–Crippen MR) is 102 cm³/mol. The van der Waals surface area contributed by atoms with Crippen LogP contribution in [0.3, 0.4) is 0 Å². The number of fused-ring (bicyclic) bond motifs is 4. The molecule has 0 amide bonds. The van der Waals surface area contributed by atoms with Crippen molar-refractivity contribution in [2.45, 2.75) is 5.92 Å². The van der Waals surface area contributed by atoms with Crippen LogP contribution in [0, 0.1) is 11.3 Å². The average Bonchev–Trinajstić information content (AvgIpc) is 3.20. The van der Waals surface area contributed by atoms with Crippen molar-refractivity contribution in [3.05, 3.63) is 71.1 Å². The molecule has 2 aliphatic heterocycles. The van der Waals surface area contributed by atoms with Crippen LogP contribution in [0.25, 0.3) is 10.8 Å². The number of methoxy groups -OCH3 is 1. The summed E-state index contributed by atoms with van der Waals surface area (Å²) in [4.78, 5) is 0. The number of nitriles is 1. The Hall–Kier alpha value is -3.85. The van der Waals surface area contributed by atoms with E-state index < -0.39 is 5.92 Å². The van der Waals surface area contributed by atoms with Gasteiger partial charge in [-0.15, -0.1) is 0 Å². The lowest BCUT2D eigenvalue weighted by molar-refractivity contribution is 0.171. The molecule has 3 aromatic rings. The van der Waals surface area contributed by atoms with E-state index >= 15 is 0 Å². The first-order chi connectivity index (χ1) is 13.7. The summed E-state index contributed by atoms with van der Waals surface area (Å²) < 4.78 is 22.4. The topological polar surface area (TPSA) is 86.7 Å². The van der Waals surface area contributed by atoms with Crippen molar-refractivity contribution >= 4 is 10.8 Å². The molecule has 5 rings (SSSR count). The number of hydrogen-bond donors (Lipinski definition) is 1. The van der Waals surface area contributed by atoms with Crippen LogP contribution in [-0.2, 0) is 0 Å². The van der Waals surface area contributed by atoms with Crippen LogP contribution in [0.4, 0.5) is 0 Å². The fourth-order valence-corrected chi connectivity index (χ4v) is 3.85. The number of ether oxygens (including phenoxy) is 4. The van der Waals surface area contributed by atoms with Gasteiger partial charge in [-0.05, 0) is 23.1 Å². The van der Waals surface area contributed by atoms with Crippen LogP contribution in [0.1, 0.15) is 17.0 Å². The van der Waals surface area contributed by atoms with Gasteiger partial charge in [0.15, 0.2) is 11.5 Å². The Bertz CT molecular complexity index is 1190. The second-order valence-electron chi connectivity index (χ2n) is 6.59. The zero-order valence-corrected chi connectivity index (χ0v) is 15.1. The zero-order chi connectivity index (χ0) is 19.3. The second-order valence-corrected chi connectivity index (χ2v) is 6.59. The summed E-state index contributed by atoms with van der Waals surface area (Å²) >= 11 is 0. The number of allylic oxidation sites excluding steroid dienone is 1. The number of benzene rings is 3. The van der Waals surface area contributed by atoms with Crippen LogP contribution >= 0.6 is 0 Å². The summed E-state index contributed by atoms with van der Waals surface area (Å²) in [6.45, 7) is 0.132. The van der Waals surface area contributed by atoms with Crippen LogP contribution in [0.5, 0.6) is 23.0 Å². The van der Waals surface area contributed by atoms with Crippen molar-refractivity contribution in [2.75, 3.05) is 13.9 Å². The van der Waals surface area contributed by atoms with Gasteiger partial charge in [0.1, 0.15) is 17.4 Å². The van der Waals surface area contributed by atoms with Crippen molar-refractivity contribution in [1.29, 1.82) is 5.26 Å². The van der Waals surface area contributed by atoms with Gasteiger partial charge in [0.25, 0.3) is 0 Å². The first kappa shape index (κ1) is 16.3. The molecular weight excluding hydrogens is 356 g/mol. The average molecular weight is 372 g/mol. The van der Waals surface area contributed by atoms with Gasteiger partial charge < -0.3 is 24.7 Å². The minimum Gasteiger partial charge on any atom is -0.493 e. The van der Waals surface area contributed by atoms with Crippen LogP contribution < -0.4 is 24.7 Å². The largest absolute Gasteiger partial charge is 0.493 e. The SMILES string of the molecule is COc1cc(C2C(C#N)=C(N)Oc3c2ccc2ccccc32)cc2c1OCO2. The van der Waals surface area contributed by atoms with Gasteiger partial charge in [-0.3, -0.25) is 0 Å². The molecule has 0 fully saturated rings. The Labute approximate surface area is 161 Å².